The molecule has 1 saturated heterocycles. The number of carbonyl (C=O) groups is 2. The van der Waals surface area contributed by atoms with Crippen LogP contribution in [0.25, 0.3) is 0 Å². The van der Waals surface area contributed by atoms with Gasteiger partial charge in [-0.15, -0.1) is 13.2 Å². The lowest BCUT2D eigenvalue weighted by molar-refractivity contribution is -0.274. The fourth-order valence-electron chi connectivity index (χ4n) is 4.18. The Kier molecular flexibility index (Phi) is 7.36. The maximum absolute atomic E-state index is 13.3. The Bertz CT molecular complexity index is 1140. The van der Waals surface area contributed by atoms with Gasteiger partial charge in [0.2, 0.25) is 0 Å². The van der Waals surface area contributed by atoms with Crippen molar-refractivity contribution < 1.29 is 32.6 Å². The van der Waals surface area contributed by atoms with E-state index in [1.54, 1.807) is 33.8 Å². The molecule has 1 unspecified atom stereocenters. The Morgan fingerprint density at radius 1 is 1.17 bits per heavy atom. The van der Waals surface area contributed by atoms with Crippen LogP contribution >= 0.6 is 11.8 Å². The zero-order chi connectivity index (χ0) is 26.0. The molecule has 0 bridgehead atoms. The fourth-order valence-corrected chi connectivity index (χ4v) is 5.49. The second kappa shape index (κ2) is 10.3. The minimum atomic E-state index is -4.78. The summed E-state index contributed by atoms with van der Waals surface area (Å²) < 4.78 is 41.1. The van der Waals surface area contributed by atoms with Gasteiger partial charge in [-0.1, -0.05) is 54.2 Å². The van der Waals surface area contributed by atoms with Gasteiger partial charge in [0, 0.05) is 25.3 Å². The lowest BCUT2D eigenvalue weighted by Gasteiger charge is -2.35. The fraction of sp³-hybridized carbons (Fsp3) is 0.333. The quantitative estimate of drug-likeness (QED) is 0.550. The number of ether oxygens (including phenoxy) is 1. The standard InChI is InChI=1S/C24H25F3N4O4S/c1-15-20(21(28)33)36-23(31(15)14-19(32)17-5-3-2-4-6-17)30-12-11-29(22(30)34)13-16-7-9-18(10-8-16)35-24(25,26)27/h2-10,19,23,32H,11-14H2,1H3,(H2,28,33)/t19?,23-/m0/s1. The number of urea groups is 1. The van der Waals surface area contributed by atoms with Gasteiger partial charge in [0.15, 0.2) is 5.50 Å². The first-order valence-corrected chi connectivity index (χ1v) is 12.0. The summed E-state index contributed by atoms with van der Waals surface area (Å²) in [6.45, 7) is 2.82. The normalized spacial score (nSPS) is 19.3. The SMILES string of the molecule is CC1=C(C(N)=O)S[C@@H](N2CCN(Cc3ccc(OC(F)(F)F)cc3)C2=O)N1CC(O)c1ccccc1. The van der Waals surface area contributed by atoms with Crippen molar-refractivity contribution in [1.29, 1.82) is 0 Å². The highest BCUT2D eigenvalue weighted by molar-refractivity contribution is 8.04. The molecule has 0 spiro atoms. The Morgan fingerprint density at radius 3 is 2.44 bits per heavy atom. The van der Waals surface area contributed by atoms with E-state index in [0.29, 0.717) is 34.8 Å². The molecule has 12 heteroatoms. The number of nitrogens with zero attached hydrogens (tertiary/aromatic N) is 3. The third-order valence-corrected chi connectivity index (χ3v) is 7.40. The molecule has 4 rings (SSSR count). The van der Waals surface area contributed by atoms with E-state index in [2.05, 4.69) is 4.74 Å². The third kappa shape index (κ3) is 5.71. The van der Waals surface area contributed by atoms with Crippen molar-refractivity contribution in [2.75, 3.05) is 19.6 Å². The number of alkyl halides is 3. The molecule has 2 heterocycles. The largest absolute Gasteiger partial charge is 0.573 e. The molecule has 0 radical (unpaired) electrons. The number of β-amino-alcohol motifs (C(OH)–C–C–N with tert-alkyl or cyclic N) is 1. The zero-order valence-corrected chi connectivity index (χ0v) is 20.1. The first-order valence-electron chi connectivity index (χ1n) is 11.1. The van der Waals surface area contributed by atoms with E-state index in [4.69, 9.17) is 5.73 Å². The molecule has 8 nitrogen and oxygen atoms in total. The van der Waals surface area contributed by atoms with Crippen molar-refractivity contribution in [2.24, 2.45) is 5.73 Å². The van der Waals surface area contributed by atoms with Gasteiger partial charge in [0.25, 0.3) is 5.91 Å². The van der Waals surface area contributed by atoms with Crippen molar-refractivity contribution in [3.05, 3.63) is 76.3 Å². The highest BCUT2D eigenvalue weighted by atomic mass is 32.2. The summed E-state index contributed by atoms with van der Waals surface area (Å²) in [6.07, 6.45) is -5.63. The second-order valence-electron chi connectivity index (χ2n) is 8.39. The van der Waals surface area contributed by atoms with Crippen LogP contribution in [-0.4, -0.2) is 63.2 Å². The predicted molar refractivity (Wildman–Crippen MR) is 127 cm³/mol. The number of hydrogen-bond acceptors (Lipinski definition) is 6. The van der Waals surface area contributed by atoms with Crippen LogP contribution in [0.4, 0.5) is 18.0 Å². The number of carbonyl (C=O) groups excluding carboxylic acids is 2. The second-order valence-corrected chi connectivity index (χ2v) is 9.46. The van der Waals surface area contributed by atoms with Crippen LogP contribution in [0.5, 0.6) is 5.75 Å². The van der Waals surface area contributed by atoms with E-state index < -0.39 is 23.9 Å². The lowest BCUT2D eigenvalue weighted by Crippen LogP contribution is -2.46. The number of hydrogen-bond donors (Lipinski definition) is 2. The van der Waals surface area contributed by atoms with Crippen LogP contribution in [0.15, 0.2) is 65.2 Å². The van der Waals surface area contributed by atoms with Crippen LogP contribution in [-0.2, 0) is 11.3 Å². The van der Waals surface area contributed by atoms with Gasteiger partial charge >= 0.3 is 12.4 Å². The van der Waals surface area contributed by atoms with Gasteiger partial charge in [0.1, 0.15) is 5.75 Å². The summed E-state index contributed by atoms with van der Waals surface area (Å²) in [6, 6.07) is 14.1. The molecule has 192 valence electrons. The van der Waals surface area contributed by atoms with Crippen molar-refractivity contribution in [3.8, 4) is 5.75 Å². The Balaban J connectivity index is 1.46. The molecular weight excluding hydrogens is 497 g/mol. The van der Waals surface area contributed by atoms with Crippen LogP contribution in [0.2, 0.25) is 0 Å². The zero-order valence-electron chi connectivity index (χ0n) is 19.3. The van der Waals surface area contributed by atoms with Crippen LogP contribution in [0.1, 0.15) is 24.2 Å². The first-order chi connectivity index (χ1) is 17.0. The molecule has 3 N–H and O–H groups in total. The van der Waals surface area contributed by atoms with Crippen molar-refractivity contribution >= 4 is 23.7 Å². The lowest BCUT2D eigenvalue weighted by atomic mass is 10.1. The number of aliphatic hydroxyl groups excluding tert-OH is 1. The van der Waals surface area contributed by atoms with Gasteiger partial charge in [-0.25, -0.2) is 4.79 Å². The molecule has 2 atom stereocenters. The predicted octanol–water partition coefficient (Wildman–Crippen LogP) is 3.61. The number of amides is 3. The number of rotatable bonds is 8. The first kappa shape index (κ1) is 25.7. The molecule has 1 fully saturated rings. The van der Waals surface area contributed by atoms with E-state index in [-0.39, 0.29) is 24.9 Å². The minimum Gasteiger partial charge on any atom is -0.406 e. The van der Waals surface area contributed by atoms with Gasteiger partial charge < -0.3 is 25.4 Å². The van der Waals surface area contributed by atoms with Gasteiger partial charge in [-0.2, -0.15) is 0 Å². The molecule has 2 aromatic carbocycles. The third-order valence-electron chi connectivity index (χ3n) is 5.95. The summed E-state index contributed by atoms with van der Waals surface area (Å²) in [5.41, 5.74) is 6.91. The van der Waals surface area contributed by atoms with Crippen LogP contribution in [0, 0.1) is 0 Å². The number of aliphatic hydroxyl groups is 1. The van der Waals surface area contributed by atoms with E-state index in [0.717, 1.165) is 11.8 Å². The maximum atomic E-state index is 13.3. The molecular formula is C24H25F3N4O4S. The van der Waals surface area contributed by atoms with Crippen molar-refractivity contribution in [2.45, 2.75) is 31.4 Å². The summed E-state index contributed by atoms with van der Waals surface area (Å²) in [5, 5.41) is 10.8. The van der Waals surface area contributed by atoms with E-state index in [1.807, 2.05) is 18.2 Å². The number of nitrogens with two attached hydrogens (primary N) is 1. The molecule has 2 aromatic rings. The molecule has 2 aliphatic heterocycles. The van der Waals surface area contributed by atoms with Gasteiger partial charge in [-0.05, 0) is 30.2 Å². The molecule has 3 amide bonds. The number of halogens is 3. The number of thioether (sulfide) groups is 1. The van der Waals surface area contributed by atoms with E-state index in [9.17, 15) is 27.9 Å². The Labute approximate surface area is 210 Å². The average molecular weight is 523 g/mol. The topological polar surface area (TPSA) is 99.3 Å². The van der Waals surface area contributed by atoms with Crippen LogP contribution < -0.4 is 10.5 Å². The summed E-state index contributed by atoms with van der Waals surface area (Å²) >= 11 is 1.16. The van der Waals surface area contributed by atoms with Crippen molar-refractivity contribution in [3.63, 3.8) is 0 Å². The van der Waals surface area contributed by atoms with E-state index >= 15 is 0 Å². The Hall–Kier alpha value is -3.38. The number of primary amides is 1. The van der Waals surface area contributed by atoms with E-state index in [1.165, 1.54) is 24.3 Å². The number of allylic oxidation sites excluding steroid dienone is 1. The summed E-state index contributed by atoms with van der Waals surface area (Å²) in [5.74, 6) is -0.944. The van der Waals surface area contributed by atoms with Gasteiger partial charge in [0.05, 0.1) is 17.6 Å². The minimum absolute atomic E-state index is 0.148. The summed E-state index contributed by atoms with van der Waals surface area (Å²) in [4.78, 5) is 30.6. The average Bonchev–Trinajstić information content (AvgIpc) is 3.34. The number of benzene rings is 2. The highest BCUT2D eigenvalue weighted by Gasteiger charge is 2.43. The molecule has 0 saturated carbocycles. The highest BCUT2D eigenvalue weighted by Crippen LogP contribution is 2.41. The molecule has 0 aromatic heterocycles. The smallest absolute Gasteiger partial charge is 0.406 e. The Morgan fingerprint density at radius 2 is 1.83 bits per heavy atom. The summed E-state index contributed by atoms with van der Waals surface area (Å²) in [7, 11) is 0. The monoisotopic (exact) mass is 522 g/mol. The van der Waals surface area contributed by atoms with Crippen molar-refractivity contribution in [1.82, 2.24) is 14.7 Å². The van der Waals surface area contributed by atoms with Gasteiger partial charge in [-0.3, -0.25) is 9.69 Å². The maximum Gasteiger partial charge on any atom is 0.573 e. The van der Waals surface area contributed by atoms with Crippen LogP contribution in [0.3, 0.4) is 0 Å². The molecule has 0 aliphatic carbocycles. The molecule has 2 aliphatic rings. The molecule has 36 heavy (non-hydrogen) atoms.